The van der Waals surface area contributed by atoms with Crippen molar-refractivity contribution in [3.8, 4) is 5.75 Å². The van der Waals surface area contributed by atoms with Crippen molar-refractivity contribution >= 4 is 17.5 Å². The van der Waals surface area contributed by atoms with E-state index >= 15 is 0 Å². The fourth-order valence-corrected chi connectivity index (χ4v) is 4.11. The van der Waals surface area contributed by atoms with Crippen LogP contribution in [0, 0.1) is 11.7 Å². The normalized spacial score (nSPS) is 17.9. The van der Waals surface area contributed by atoms with Crippen LogP contribution in [-0.4, -0.2) is 37.1 Å². The summed E-state index contributed by atoms with van der Waals surface area (Å²) in [6, 6.07) is 12.7. The van der Waals surface area contributed by atoms with Crippen LogP contribution in [0.3, 0.4) is 0 Å². The Labute approximate surface area is 158 Å². The van der Waals surface area contributed by atoms with Crippen LogP contribution in [0.15, 0.2) is 47.4 Å². The molecule has 0 amide bonds. The summed E-state index contributed by atoms with van der Waals surface area (Å²) in [7, 11) is 1.53. The number of nitrogens with zero attached hydrogens (tertiary/aromatic N) is 1. The molecule has 1 fully saturated rings. The van der Waals surface area contributed by atoms with Gasteiger partial charge in [0.05, 0.1) is 7.11 Å². The molecular weight excluding hydrogens is 349 g/mol. The van der Waals surface area contributed by atoms with E-state index in [1.165, 1.54) is 13.2 Å². The average molecular weight is 373 g/mol. The molecule has 0 aliphatic carbocycles. The van der Waals surface area contributed by atoms with Crippen LogP contribution in [0.25, 0.3) is 0 Å². The zero-order valence-electron chi connectivity index (χ0n) is 15.2. The third-order valence-electron chi connectivity index (χ3n) is 4.90. The van der Waals surface area contributed by atoms with E-state index < -0.39 is 0 Å². The highest BCUT2D eigenvalue weighted by Crippen LogP contribution is 2.28. The first-order valence-electron chi connectivity index (χ1n) is 8.84. The predicted molar refractivity (Wildman–Crippen MR) is 104 cm³/mol. The zero-order chi connectivity index (χ0) is 18.5. The fraction of sp³-hybridized carbons (Fsp3) is 0.381. The molecule has 5 heteroatoms. The highest BCUT2D eigenvalue weighted by atomic mass is 32.2. The summed E-state index contributed by atoms with van der Waals surface area (Å²) >= 11 is 1.60. The number of methoxy groups -OCH3 is 1. The number of benzene rings is 2. The highest BCUT2D eigenvalue weighted by Gasteiger charge is 2.28. The van der Waals surface area contributed by atoms with Crippen LogP contribution >= 0.6 is 11.8 Å². The van der Waals surface area contributed by atoms with E-state index in [9.17, 15) is 9.18 Å². The second-order valence-corrected chi connectivity index (χ2v) is 7.44. The van der Waals surface area contributed by atoms with E-state index in [1.807, 2.05) is 30.5 Å². The number of ether oxygens (including phenoxy) is 1. The van der Waals surface area contributed by atoms with Crippen LogP contribution in [0.4, 0.5) is 4.39 Å². The van der Waals surface area contributed by atoms with Gasteiger partial charge in [-0.1, -0.05) is 24.3 Å². The third-order valence-corrected chi connectivity index (χ3v) is 5.70. The Balaban J connectivity index is 1.70. The van der Waals surface area contributed by atoms with Crippen molar-refractivity contribution < 1.29 is 13.9 Å². The summed E-state index contributed by atoms with van der Waals surface area (Å²) < 4.78 is 19.3. The Morgan fingerprint density at radius 2 is 2.12 bits per heavy atom. The third kappa shape index (κ3) is 4.27. The van der Waals surface area contributed by atoms with Gasteiger partial charge in [-0.25, -0.2) is 4.39 Å². The number of thioether (sulfide) groups is 1. The van der Waals surface area contributed by atoms with Crippen molar-refractivity contribution in [1.82, 2.24) is 4.90 Å². The molecule has 0 spiro atoms. The number of ketones is 1. The minimum atomic E-state index is -0.259. The van der Waals surface area contributed by atoms with Crippen LogP contribution in [-0.2, 0) is 6.54 Å². The number of hydrogen-bond acceptors (Lipinski definition) is 4. The van der Waals surface area contributed by atoms with Crippen molar-refractivity contribution in [2.24, 2.45) is 5.92 Å². The Bertz CT molecular complexity index is 780. The highest BCUT2D eigenvalue weighted by molar-refractivity contribution is 7.98. The van der Waals surface area contributed by atoms with Crippen LogP contribution in [0.1, 0.15) is 28.8 Å². The van der Waals surface area contributed by atoms with Crippen LogP contribution in [0.2, 0.25) is 0 Å². The van der Waals surface area contributed by atoms with E-state index in [4.69, 9.17) is 4.74 Å². The van der Waals surface area contributed by atoms with Gasteiger partial charge in [0.1, 0.15) is 11.6 Å². The van der Waals surface area contributed by atoms with E-state index in [-0.39, 0.29) is 17.5 Å². The molecule has 2 aromatic rings. The number of carbonyl (C=O) groups is 1. The van der Waals surface area contributed by atoms with Gasteiger partial charge in [-0.15, -0.1) is 11.8 Å². The van der Waals surface area contributed by atoms with Crippen molar-refractivity contribution in [3.05, 3.63) is 59.4 Å². The average Bonchev–Trinajstić information content (AvgIpc) is 2.69. The molecule has 0 unspecified atom stereocenters. The van der Waals surface area contributed by atoms with Gasteiger partial charge < -0.3 is 4.74 Å². The molecule has 0 aromatic heterocycles. The number of hydrogen-bond donors (Lipinski definition) is 0. The topological polar surface area (TPSA) is 29.5 Å². The monoisotopic (exact) mass is 373 g/mol. The smallest absolute Gasteiger partial charge is 0.168 e. The lowest BCUT2D eigenvalue weighted by molar-refractivity contribution is 0.0807. The molecular formula is C21H24FNO2S. The Kier molecular flexibility index (Phi) is 6.33. The molecule has 3 nitrogen and oxygen atoms in total. The number of likely N-dealkylation sites (tertiary alicyclic amines) is 1. The maximum Gasteiger partial charge on any atom is 0.168 e. The zero-order valence-corrected chi connectivity index (χ0v) is 16.0. The lowest BCUT2D eigenvalue weighted by Crippen LogP contribution is -2.38. The first kappa shape index (κ1) is 18.9. The Morgan fingerprint density at radius 3 is 2.85 bits per heavy atom. The van der Waals surface area contributed by atoms with E-state index in [0.29, 0.717) is 24.4 Å². The summed E-state index contributed by atoms with van der Waals surface area (Å²) in [4.78, 5) is 16.2. The van der Waals surface area contributed by atoms with Crippen molar-refractivity contribution in [3.63, 3.8) is 0 Å². The maximum absolute atomic E-state index is 14.2. The molecule has 1 aliphatic rings. The van der Waals surface area contributed by atoms with Gasteiger partial charge in [0.2, 0.25) is 0 Å². The number of piperidine rings is 1. The minimum Gasteiger partial charge on any atom is -0.497 e. The van der Waals surface area contributed by atoms with Crippen LogP contribution in [0.5, 0.6) is 5.75 Å². The summed E-state index contributed by atoms with van der Waals surface area (Å²) in [5.41, 5.74) is 1.45. The molecule has 2 aromatic carbocycles. The second-order valence-electron chi connectivity index (χ2n) is 6.60. The van der Waals surface area contributed by atoms with E-state index in [0.717, 1.165) is 29.8 Å². The van der Waals surface area contributed by atoms with Gasteiger partial charge in [0.15, 0.2) is 5.78 Å². The van der Waals surface area contributed by atoms with E-state index in [2.05, 4.69) is 4.90 Å². The van der Waals surface area contributed by atoms with Gasteiger partial charge >= 0.3 is 0 Å². The van der Waals surface area contributed by atoms with Crippen molar-refractivity contribution in [2.75, 3.05) is 26.5 Å². The molecule has 0 N–H and O–H groups in total. The molecule has 1 heterocycles. The number of rotatable bonds is 6. The van der Waals surface area contributed by atoms with Crippen molar-refractivity contribution in [2.45, 2.75) is 24.3 Å². The summed E-state index contributed by atoms with van der Waals surface area (Å²) in [6.07, 6.45) is 3.84. The molecule has 1 atom stereocenters. The van der Waals surface area contributed by atoms with Gasteiger partial charge in [-0.05, 0) is 37.8 Å². The van der Waals surface area contributed by atoms with Crippen molar-refractivity contribution in [1.29, 1.82) is 0 Å². The number of carbonyl (C=O) groups excluding carboxylic acids is 1. The lowest BCUT2D eigenvalue weighted by atomic mass is 9.89. The largest absolute Gasteiger partial charge is 0.497 e. The fourth-order valence-electron chi connectivity index (χ4n) is 3.51. The summed E-state index contributed by atoms with van der Waals surface area (Å²) in [5, 5.41) is 0. The molecule has 0 saturated carbocycles. The summed E-state index contributed by atoms with van der Waals surface area (Å²) in [5.74, 6) is 0.436. The molecule has 0 bridgehead atoms. The van der Waals surface area contributed by atoms with Gasteiger partial charge in [-0.3, -0.25) is 9.69 Å². The van der Waals surface area contributed by atoms with Gasteiger partial charge in [-0.2, -0.15) is 0 Å². The second kappa shape index (κ2) is 8.69. The number of Topliss-reactive ketones (excluding diaryl/α,β-unsaturated/α-hetero) is 1. The molecule has 1 aliphatic heterocycles. The standard InChI is InChI=1S/C21H24FNO2S/c1-25-17-10-9-15(19(22)12-17)13-23-11-5-6-16(14-23)21(24)18-7-3-4-8-20(18)26-2/h3-4,7-10,12,16H,5-6,11,13-14H2,1-2H3/t16-/m0/s1. The quantitative estimate of drug-likeness (QED) is 0.544. The van der Waals surface area contributed by atoms with E-state index in [1.54, 1.807) is 23.9 Å². The predicted octanol–water partition coefficient (Wildman–Crippen LogP) is 4.65. The van der Waals surface area contributed by atoms with Gasteiger partial charge in [0.25, 0.3) is 0 Å². The maximum atomic E-state index is 14.2. The molecule has 1 saturated heterocycles. The molecule has 3 rings (SSSR count). The first-order valence-corrected chi connectivity index (χ1v) is 10.1. The summed E-state index contributed by atoms with van der Waals surface area (Å²) in [6.45, 7) is 2.08. The minimum absolute atomic E-state index is 0.0293. The molecule has 26 heavy (non-hydrogen) atoms. The molecule has 138 valence electrons. The molecule has 0 radical (unpaired) electrons. The number of halogens is 1. The first-order chi connectivity index (χ1) is 12.6. The van der Waals surface area contributed by atoms with Gasteiger partial charge in [0, 0.05) is 41.1 Å². The Hall–Kier alpha value is -1.85. The SMILES string of the molecule is COc1ccc(CN2CCC[C@H](C(=O)c3ccccc3SC)C2)c(F)c1. The Morgan fingerprint density at radius 1 is 1.31 bits per heavy atom. The van der Waals surface area contributed by atoms with Crippen LogP contribution < -0.4 is 4.74 Å². The lowest BCUT2D eigenvalue weighted by Gasteiger charge is -2.32.